The lowest BCUT2D eigenvalue weighted by atomic mass is 10.2. The Balaban J connectivity index is 2.92. The molecule has 0 atom stereocenters. The molecule has 0 saturated carbocycles. The van der Waals surface area contributed by atoms with Crippen molar-refractivity contribution >= 4 is 17.5 Å². The Labute approximate surface area is 76.3 Å². The number of nitrogens with two attached hydrogens (primary N) is 1. The van der Waals surface area contributed by atoms with Crippen molar-refractivity contribution in [2.24, 2.45) is 10.8 Å². The van der Waals surface area contributed by atoms with Gasteiger partial charge in [0.1, 0.15) is 5.71 Å². The molecule has 0 aromatic rings. The maximum absolute atomic E-state index is 12.6. The van der Waals surface area contributed by atoms with Gasteiger partial charge in [0.15, 0.2) is 6.67 Å². The number of carbonyl (C=O) groups excluding carboxylic acids is 2. The molecule has 0 radical (unpaired) electrons. The van der Waals surface area contributed by atoms with Crippen LogP contribution in [-0.4, -0.2) is 35.3 Å². The molecular formula is C6H6F3N3O2. The van der Waals surface area contributed by atoms with E-state index in [0.717, 1.165) is 0 Å². The van der Waals surface area contributed by atoms with E-state index in [1.54, 1.807) is 0 Å². The highest BCUT2D eigenvalue weighted by Gasteiger charge is 2.45. The maximum Gasteiger partial charge on any atom is 0.374 e. The minimum Gasteiger partial charge on any atom is -0.364 e. The number of hydrogen-bond acceptors (Lipinski definition) is 3. The molecule has 0 fully saturated rings. The van der Waals surface area contributed by atoms with E-state index in [0.29, 0.717) is 0 Å². The van der Waals surface area contributed by atoms with E-state index in [2.05, 4.69) is 5.10 Å². The van der Waals surface area contributed by atoms with Crippen LogP contribution in [0.2, 0.25) is 0 Å². The summed E-state index contributed by atoms with van der Waals surface area (Å²) in [6, 6.07) is -4.02. The molecule has 1 aliphatic heterocycles. The highest BCUT2D eigenvalue weighted by atomic mass is 19.3. The summed E-state index contributed by atoms with van der Waals surface area (Å²) in [6.07, 6.45) is -0.620. The third kappa shape index (κ3) is 1.68. The predicted octanol–water partition coefficient (Wildman–Crippen LogP) is -0.378. The van der Waals surface area contributed by atoms with Crippen molar-refractivity contribution in [1.29, 1.82) is 0 Å². The lowest BCUT2D eigenvalue weighted by Crippen LogP contribution is -2.41. The number of primary amides is 1. The van der Waals surface area contributed by atoms with Crippen molar-refractivity contribution in [2.45, 2.75) is 12.5 Å². The second kappa shape index (κ2) is 3.28. The summed E-state index contributed by atoms with van der Waals surface area (Å²) in [4.78, 5) is 21.3. The fraction of sp³-hybridized carbons (Fsp3) is 0.500. The van der Waals surface area contributed by atoms with Gasteiger partial charge in [0.25, 0.3) is 11.8 Å². The summed E-state index contributed by atoms with van der Waals surface area (Å²) < 4.78 is 37.0. The molecule has 0 spiro atoms. The Kier molecular flexibility index (Phi) is 2.45. The minimum atomic E-state index is -4.02. The van der Waals surface area contributed by atoms with Gasteiger partial charge in [-0.25, -0.2) is 4.39 Å². The molecule has 2 amide bonds. The number of rotatable bonds is 3. The molecule has 78 valence electrons. The second-order valence-electron chi connectivity index (χ2n) is 2.59. The van der Waals surface area contributed by atoms with Crippen LogP contribution in [0.25, 0.3) is 0 Å². The topological polar surface area (TPSA) is 75.8 Å². The van der Waals surface area contributed by atoms with Crippen molar-refractivity contribution in [1.82, 2.24) is 5.01 Å². The molecule has 8 heteroatoms. The SMILES string of the molecule is NC(=O)C1=NN(C(F)(F)CF)C(=O)C1. The van der Waals surface area contributed by atoms with Gasteiger partial charge >= 0.3 is 6.05 Å². The van der Waals surface area contributed by atoms with Crippen molar-refractivity contribution < 1.29 is 22.8 Å². The van der Waals surface area contributed by atoms with Crippen LogP contribution in [-0.2, 0) is 9.59 Å². The molecule has 1 aliphatic rings. The monoisotopic (exact) mass is 209 g/mol. The Morgan fingerprint density at radius 3 is 2.57 bits per heavy atom. The zero-order valence-corrected chi connectivity index (χ0v) is 6.84. The molecule has 0 bridgehead atoms. The molecule has 0 aliphatic carbocycles. The number of amides is 2. The van der Waals surface area contributed by atoms with Gasteiger partial charge in [0, 0.05) is 0 Å². The summed E-state index contributed by atoms with van der Waals surface area (Å²) >= 11 is 0. The number of carbonyl (C=O) groups is 2. The molecular weight excluding hydrogens is 203 g/mol. The van der Waals surface area contributed by atoms with E-state index in [9.17, 15) is 22.8 Å². The molecule has 1 heterocycles. The van der Waals surface area contributed by atoms with Crippen LogP contribution >= 0.6 is 0 Å². The van der Waals surface area contributed by atoms with Crippen LogP contribution < -0.4 is 5.73 Å². The van der Waals surface area contributed by atoms with Gasteiger partial charge in [-0.3, -0.25) is 9.59 Å². The third-order valence-electron chi connectivity index (χ3n) is 1.53. The van der Waals surface area contributed by atoms with Crippen LogP contribution in [0.3, 0.4) is 0 Å². The first kappa shape index (κ1) is 10.5. The number of hydrogen-bond donors (Lipinski definition) is 1. The van der Waals surface area contributed by atoms with Gasteiger partial charge in [-0.15, -0.1) is 0 Å². The smallest absolute Gasteiger partial charge is 0.364 e. The maximum atomic E-state index is 12.6. The van der Waals surface area contributed by atoms with E-state index >= 15 is 0 Å². The standard InChI is InChI=1S/C6H6F3N3O2/c7-2-6(8,9)12-4(13)1-3(11-12)5(10)14/h1-2H2,(H2,10,14). The van der Waals surface area contributed by atoms with Gasteiger partial charge in [-0.1, -0.05) is 0 Å². The Morgan fingerprint density at radius 1 is 1.64 bits per heavy atom. The van der Waals surface area contributed by atoms with Crippen molar-refractivity contribution in [3.8, 4) is 0 Å². The van der Waals surface area contributed by atoms with Gasteiger partial charge in [-0.2, -0.15) is 18.9 Å². The average Bonchev–Trinajstić information content (AvgIpc) is 2.48. The van der Waals surface area contributed by atoms with Crippen molar-refractivity contribution in [3.05, 3.63) is 0 Å². The summed E-state index contributed by atoms with van der Waals surface area (Å²) in [5.74, 6) is -2.23. The fourth-order valence-electron chi connectivity index (χ4n) is 0.879. The zero-order chi connectivity index (χ0) is 10.9. The lowest BCUT2D eigenvalue weighted by Gasteiger charge is -2.20. The first-order valence-electron chi connectivity index (χ1n) is 3.52. The molecule has 0 saturated heterocycles. The number of nitrogens with zero attached hydrogens (tertiary/aromatic N) is 2. The van der Waals surface area contributed by atoms with Crippen LogP contribution in [0.1, 0.15) is 6.42 Å². The molecule has 0 aromatic carbocycles. The highest BCUT2D eigenvalue weighted by molar-refractivity contribution is 6.42. The van der Waals surface area contributed by atoms with E-state index in [1.807, 2.05) is 0 Å². The molecule has 1 rings (SSSR count). The van der Waals surface area contributed by atoms with Crippen LogP contribution in [0.15, 0.2) is 5.10 Å². The summed E-state index contributed by atoms with van der Waals surface area (Å²) in [6.45, 7) is -2.06. The van der Waals surface area contributed by atoms with Crippen LogP contribution in [0, 0.1) is 0 Å². The normalized spacial score (nSPS) is 17.2. The molecule has 5 nitrogen and oxygen atoms in total. The number of alkyl halides is 3. The van der Waals surface area contributed by atoms with E-state index < -0.39 is 36.7 Å². The molecule has 2 N–H and O–H groups in total. The summed E-state index contributed by atoms with van der Waals surface area (Å²) in [5, 5.41) is 2.59. The quantitative estimate of drug-likeness (QED) is 0.643. The van der Waals surface area contributed by atoms with Gasteiger partial charge in [0.2, 0.25) is 0 Å². The zero-order valence-electron chi connectivity index (χ0n) is 6.84. The van der Waals surface area contributed by atoms with Crippen LogP contribution in [0.4, 0.5) is 13.2 Å². The molecule has 14 heavy (non-hydrogen) atoms. The minimum absolute atomic E-state index is 0.354. The first-order valence-corrected chi connectivity index (χ1v) is 3.52. The third-order valence-corrected chi connectivity index (χ3v) is 1.53. The second-order valence-corrected chi connectivity index (χ2v) is 2.59. The largest absolute Gasteiger partial charge is 0.374 e. The van der Waals surface area contributed by atoms with Gasteiger partial charge in [-0.05, 0) is 0 Å². The van der Waals surface area contributed by atoms with Gasteiger partial charge < -0.3 is 5.73 Å². The Morgan fingerprint density at radius 2 is 2.21 bits per heavy atom. The van der Waals surface area contributed by atoms with Gasteiger partial charge in [0.05, 0.1) is 6.42 Å². The van der Waals surface area contributed by atoms with E-state index in [1.165, 1.54) is 0 Å². The van der Waals surface area contributed by atoms with Crippen molar-refractivity contribution in [3.63, 3.8) is 0 Å². The van der Waals surface area contributed by atoms with Crippen molar-refractivity contribution in [2.75, 3.05) is 6.67 Å². The summed E-state index contributed by atoms with van der Waals surface area (Å²) in [7, 11) is 0. The molecule has 0 aromatic heterocycles. The number of hydrazone groups is 1. The van der Waals surface area contributed by atoms with E-state index in [4.69, 9.17) is 5.73 Å². The molecule has 0 unspecified atom stereocenters. The average molecular weight is 209 g/mol. The fourth-order valence-corrected chi connectivity index (χ4v) is 0.879. The number of halogens is 3. The Bertz CT molecular complexity index is 315. The lowest BCUT2D eigenvalue weighted by molar-refractivity contribution is -0.176. The Hall–Kier alpha value is -1.60. The first-order chi connectivity index (χ1) is 6.38. The van der Waals surface area contributed by atoms with E-state index in [-0.39, 0.29) is 5.01 Å². The highest BCUT2D eigenvalue weighted by Crippen LogP contribution is 2.25. The summed E-state index contributed by atoms with van der Waals surface area (Å²) in [5.41, 5.74) is 4.22. The predicted molar refractivity (Wildman–Crippen MR) is 39.0 cm³/mol. The van der Waals surface area contributed by atoms with Crippen LogP contribution in [0.5, 0.6) is 0 Å².